The minimum atomic E-state index is -4.57. The van der Waals surface area contributed by atoms with Gasteiger partial charge in [0.15, 0.2) is 0 Å². The summed E-state index contributed by atoms with van der Waals surface area (Å²) < 4.78 is 44.3. The highest BCUT2D eigenvalue weighted by Gasteiger charge is 2.34. The van der Waals surface area contributed by atoms with Crippen molar-refractivity contribution in [1.82, 2.24) is 0 Å². The van der Waals surface area contributed by atoms with E-state index >= 15 is 0 Å². The lowest BCUT2D eigenvalue weighted by Gasteiger charge is -2.14. The number of rotatable bonds is 3. The Kier molecular flexibility index (Phi) is 4.39. The Balaban J connectivity index is 2.38. The average Bonchev–Trinajstić information content (AvgIpc) is 2.40. The van der Waals surface area contributed by atoms with E-state index in [1.54, 1.807) is 24.3 Å². The number of benzene rings is 2. The number of ether oxygens (including phenoxy) is 1. The first-order chi connectivity index (χ1) is 9.77. The van der Waals surface area contributed by atoms with Gasteiger partial charge in [-0.05, 0) is 42.5 Å². The summed E-state index contributed by atoms with van der Waals surface area (Å²) in [6, 6.07) is 9.68. The largest absolute Gasteiger partial charge is 0.457 e. The quantitative estimate of drug-likeness (QED) is 0.822. The molecule has 0 amide bonds. The molecule has 2 rings (SSSR count). The van der Waals surface area contributed by atoms with Crippen molar-refractivity contribution in [2.45, 2.75) is 6.18 Å². The van der Waals surface area contributed by atoms with Crippen LogP contribution in [0.1, 0.15) is 11.1 Å². The predicted molar refractivity (Wildman–Crippen MR) is 78.9 cm³/mol. The molecule has 110 valence electrons. The topological polar surface area (TPSA) is 35.2 Å². The van der Waals surface area contributed by atoms with E-state index < -0.39 is 11.7 Å². The van der Waals surface area contributed by atoms with E-state index in [9.17, 15) is 13.2 Å². The molecule has 0 aliphatic heterocycles. The second-order valence-corrected chi connectivity index (χ2v) is 5.00. The third-order valence-corrected chi connectivity index (χ3v) is 3.08. The van der Waals surface area contributed by atoms with Gasteiger partial charge in [-0.2, -0.15) is 13.2 Å². The van der Waals surface area contributed by atoms with Gasteiger partial charge >= 0.3 is 6.18 Å². The van der Waals surface area contributed by atoms with E-state index in [4.69, 9.17) is 22.1 Å². The van der Waals surface area contributed by atoms with Gasteiger partial charge in [0, 0.05) is 10.6 Å². The Morgan fingerprint density at radius 2 is 1.62 bits per heavy atom. The van der Waals surface area contributed by atoms with Gasteiger partial charge in [-0.25, -0.2) is 0 Å². The number of hydrogen-bond donors (Lipinski definition) is 1. The normalized spacial score (nSPS) is 11.2. The third kappa shape index (κ3) is 3.86. The smallest absolute Gasteiger partial charge is 0.417 e. The molecule has 21 heavy (non-hydrogen) atoms. The van der Waals surface area contributed by atoms with Crippen molar-refractivity contribution in [3.8, 4) is 11.5 Å². The minimum absolute atomic E-state index is 0.0321. The lowest BCUT2D eigenvalue weighted by molar-refractivity contribution is -0.137. The number of alkyl halides is 3. The first-order valence-electron chi connectivity index (χ1n) is 5.72. The number of halogens is 4. The second kappa shape index (κ2) is 5.91. The summed E-state index contributed by atoms with van der Waals surface area (Å²) in [5, 5.41) is 0.502. The maximum Gasteiger partial charge on any atom is 0.417 e. The Bertz CT molecular complexity index is 671. The molecular formula is C14H9ClF3NOS. The van der Waals surface area contributed by atoms with E-state index in [2.05, 4.69) is 12.2 Å². The highest BCUT2D eigenvalue weighted by molar-refractivity contribution is 7.80. The van der Waals surface area contributed by atoms with Gasteiger partial charge in [0.1, 0.15) is 16.5 Å². The van der Waals surface area contributed by atoms with E-state index in [1.165, 1.54) is 12.1 Å². The van der Waals surface area contributed by atoms with Crippen LogP contribution in [0.3, 0.4) is 0 Å². The Hall–Kier alpha value is -1.79. The summed E-state index contributed by atoms with van der Waals surface area (Å²) in [7, 11) is 0. The molecule has 0 unspecified atom stereocenters. The monoisotopic (exact) mass is 331 g/mol. The van der Waals surface area contributed by atoms with Crippen molar-refractivity contribution in [3.05, 3.63) is 58.6 Å². The van der Waals surface area contributed by atoms with Crippen molar-refractivity contribution in [1.29, 1.82) is 0 Å². The minimum Gasteiger partial charge on any atom is -0.457 e. The van der Waals surface area contributed by atoms with Crippen LogP contribution in [0.4, 0.5) is 13.2 Å². The van der Waals surface area contributed by atoms with Crippen LogP contribution in [0.2, 0.25) is 5.02 Å². The van der Waals surface area contributed by atoms with Gasteiger partial charge in [0.2, 0.25) is 0 Å². The summed E-state index contributed by atoms with van der Waals surface area (Å²) in [6.07, 6.45) is -4.57. The van der Waals surface area contributed by atoms with Crippen LogP contribution in [0.15, 0.2) is 42.5 Å². The predicted octanol–water partition coefficient (Wildman–Crippen LogP) is 4.79. The molecule has 0 fully saturated rings. The van der Waals surface area contributed by atoms with Crippen LogP contribution >= 0.6 is 23.8 Å². The van der Waals surface area contributed by atoms with Gasteiger partial charge in [-0.15, -0.1) is 0 Å². The first-order valence-corrected chi connectivity index (χ1v) is 6.50. The van der Waals surface area contributed by atoms with Crippen molar-refractivity contribution in [2.24, 2.45) is 5.73 Å². The summed E-state index contributed by atoms with van der Waals surface area (Å²) in [4.78, 5) is -0.319. The molecule has 2 aromatic rings. The first kappa shape index (κ1) is 15.6. The van der Waals surface area contributed by atoms with Crippen molar-refractivity contribution >= 4 is 28.8 Å². The average molecular weight is 332 g/mol. The SMILES string of the molecule is NC(=S)c1ccc(Oc2ccc(Cl)cc2)cc1C(F)(F)F. The standard InChI is InChI=1S/C14H9ClF3NOS/c15-8-1-3-9(4-2-8)20-10-5-6-11(13(19)21)12(7-10)14(16,17)18/h1-7H,(H2,19,21). The highest BCUT2D eigenvalue weighted by atomic mass is 35.5. The molecule has 2 N–H and O–H groups in total. The van der Waals surface area contributed by atoms with Crippen molar-refractivity contribution in [2.75, 3.05) is 0 Å². The summed E-state index contributed by atoms with van der Waals surface area (Å²) in [5.74, 6) is 0.403. The molecule has 0 atom stereocenters. The molecule has 0 bridgehead atoms. The maximum absolute atomic E-state index is 13.0. The Morgan fingerprint density at radius 1 is 1.05 bits per heavy atom. The molecule has 0 aromatic heterocycles. The fourth-order valence-corrected chi connectivity index (χ4v) is 1.98. The van der Waals surface area contributed by atoms with Crippen molar-refractivity contribution < 1.29 is 17.9 Å². The van der Waals surface area contributed by atoms with Crippen LogP contribution in [-0.4, -0.2) is 4.99 Å². The zero-order valence-electron chi connectivity index (χ0n) is 10.4. The van der Waals surface area contributed by atoms with Crippen LogP contribution in [-0.2, 0) is 6.18 Å². The van der Waals surface area contributed by atoms with Crippen molar-refractivity contribution in [3.63, 3.8) is 0 Å². The zero-order chi connectivity index (χ0) is 15.6. The third-order valence-electron chi connectivity index (χ3n) is 2.61. The number of thiocarbonyl (C=S) groups is 1. The Morgan fingerprint density at radius 3 is 2.14 bits per heavy atom. The lowest BCUT2D eigenvalue weighted by Crippen LogP contribution is -2.17. The van der Waals surface area contributed by atoms with E-state index in [1.807, 2.05) is 0 Å². The lowest BCUT2D eigenvalue weighted by atomic mass is 10.1. The van der Waals surface area contributed by atoms with Gasteiger partial charge in [-0.1, -0.05) is 23.8 Å². The number of nitrogens with two attached hydrogens (primary N) is 1. The molecule has 2 aromatic carbocycles. The molecular weight excluding hydrogens is 323 g/mol. The zero-order valence-corrected chi connectivity index (χ0v) is 12.0. The molecule has 0 aliphatic rings. The summed E-state index contributed by atoms with van der Waals surface area (Å²) in [6.45, 7) is 0. The van der Waals surface area contributed by atoms with E-state index in [0.717, 1.165) is 6.07 Å². The second-order valence-electron chi connectivity index (χ2n) is 4.13. The van der Waals surface area contributed by atoms with E-state index in [-0.39, 0.29) is 16.3 Å². The van der Waals surface area contributed by atoms with Crippen LogP contribution in [0.5, 0.6) is 11.5 Å². The van der Waals surface area contributed by atoms with Gasteiger partial charge in [-0.3, -0.25) is 0 Å². The molecule has 0 aliphatic carbocycles. The van der Waals surface area contributed by atoms with Crippen LogP contribution in [0.25, 0.3) is 0 Å². The molecule has 0 heterocycles. The molecule has 0 saturated heterocycles. The summed E-state index contributed by atoms with van der Waals surface area (Å²) >= 11 is 10.4. The molecule has 0 radical (unpaired) electrons. The molecule has 7 heteroatoms. The van der Waals surface area contributed by atoms with Gasteiger partial charge in [0.05, 0.1) is 5.56 Å². The van der Waals surface area contributed by atoms with Gasteiger partial charge in [0.25, 0.3) is 0 Å². The number of hydrogen-bond acceptors (Lipinski definition) is 2. The highest BCUT2D eigenvalue weighted by Crippen LogP contribution is 2.35. The molecule has 0 spiro atoms. The fraction of sp³-hybridized carbons (Fsp3) is 0.0714. The van der Waals surface area contributed by atoms with Crippen LogP contribution in [0, 0.1) is 0 Å². The molecule has 0 saturated carbocycles. The van der Waals surface area contributed by atoms with Gasteiger partial charge < -0.3 is 10.5 Å². The summed E-state index contributed by atoms with van der Waals surface area (Å²) in [5.41, 5.74) is 4.14. The van der Waals surface area contributed by atoms with E-state index in [0.29, 0.717) is 10.8 Å². The Labute approximate surface area is 129 Å². The maximum atomic E-state index is 13.0. The fourth-order valence-electron chi connectivity index (χ4n) is 1.67. The molecule has 2 nitrogen and oxygen atoms in total. The van der Waals surface area contributed by atoms with Crippen LogP contribution < -0.4 is 10.5 Å².